The van der Waals surface area contributed by atoms with E-state index in [0.717, 1.165) is 29.9 Å². The highest BCUT2D eigenvalue weighted by Gasteiger charge is 2.32. The number of pyridine rings is 1. The Kier molecular flexibility index (Phi) is 4.98. The fraction of sp³-hybridized carbons (Fsp3) is 0.471. The lowest BCUT2D eigenvalue weighted by Crippen LogP contribution is -2.39. The van der Waals surface area contributed by atoms with Crippen molar-refractivity contribution in [2.24, 2.45) is 0 Å². The molecular weight excluding hydrogens is 308 g/mol. The first-order valence-corrected chi connectivity index (χ1v) is 8.23. The molecule has 7 heteroatoms. The van der Waals surface area contributed by atoms with Gasteiger partial charge in [-0.15, -0.1) is 0 Å². The molecule has 0 saturated carbocycles. The molecule has 1 aliphatic rings. The topological polar surface area (TPSA) is 80.5 Å². The summed E-state index contributed by atoms with van der Waals surface area (Å²) in [5.41, 5.74) is 1.69. The van der Waals surface area contributed by atoms with E-state index in [2.05, 4.69) is 15.5 Å². The monoisotopic (exact) mass is 330 g/mol. The van der Waals surface area contributed by atoms with E-state index < -0.39 is 0 Å². The molecule has 2 aromatic rings. The molecule has 0 aromatic carbocycles. The molecule has 2 aromatic heterocycles. The van der Waals surface area contributed by atoms with Crippen LogP contribution in [0.5, 0.6) is 5.88 Å². The quantitative estimate of drug-likeness (QED) is 0.912. The number of amides is 2. The predicted octanol–water partition coefficient (Wildman–Crippen LogP) is 2.82. The van der Waals surface area contributed by atoms with Gasteiger partial charge in [0.05, 0.1) is 18.3 Å². The standard InChI is InChI=1S/C17H22N4O3/c1-3-23-16-13(6-4-8-18-16)11-19-17(22)21-9-5-7-14(21)15-10-12(2)20-24-15/h4,6,8,10,14H,3,5,7,9,11H2,1-2H3,(H,19,22)/t14-/m0/s1. The number of rotatable bonds is 5. The lowest BCUT2D eigenvalue weighted by atomic mass is 10.1. The largest absolute Gasteiger partial charge is 0.478 e. The molecular formula is C17H22N4O3. The summed E-state index contributed by atoms with van der Waals surface area (Å²) in [5, 5.41) is 6.87. The molecule has 0 radical (unpaired) electrons. The van der Waals surface area contributed by atoms with Crippen LogP contribution in [0.1, 0.15) is 42.8 Å². The number of carbonyl (C=O) groups excluding carboxylic acids is 1. The molecule has 128 valence electrons. The number of aromatic nitrogens is 2. The maximum atomic E-state index is 12.6. The summed E-state index contributed by atoms with van der Waals surface area (Å²) in [4.78, 5) is 18.6. The Balaban J connectivity index is 1.64. The number of urea groups is 1. The average molecular weight is 330 g/mol. The lowest BCUT2D eigenvalue weighted by Gasteiger charge is -2.23. The van der Waals surface area contributed by atoms with Gasteiger partial charge in [0.25, 0.3) is 0 Å². The third-order valence-electron chi connectivity index (χ3n) is 4.05. The molecule has 1 fully saturated rings. The molecule has 1 saturated heterocycles. The smallest absolute Gasteiger partial charge is 0.318 e. The maximum Gasteiger partial charge on any atom is 0.318 e. The Morgan fingerprint density at radius 3 is 3.17 bits per heavy atom. The van der Waals surface area contributed by atoms with E-state index >= 15 is 0 Å². The van der Waals surface area contributed by atoms with E-state index in [1.807, 2.05) is 32.0 Å². The van der Waals surface area contributed by atoms with Gasteiger partial charge in [-0.2, -0.15) is 0 Å². The zero-order valence-corrected chi connectivity index (χ0v) is 14.0. The van der Waals surface area contributed by atoms with Gasteiger partial charge >= 0.3 is 6.03 Å². The Bertz CT molecular complexity index is 701. The van der Waals surface area contributed by atoms with Crippen molar-refractivity contribution in [1.82, 2.24) is 20.4 Å². The fourth-order valence-corrected chi connectivity index (χ4v) is 2.94. The number of ether oxygens (including phenoxy) is 1. The summed E-state index contributed by atoms with van der Waals surface area (Å²) in [5.74, 6) is 1.31. The van der Waals surface area contributed by atoms with Gasteiger partial charge in [0.2, 0.25) is 5.88 Å². The minimum Gasteiger partial charge on any atom is -0.478 e. The van der Waals surface area contributed by atoms with Gasteiger partial charge in [0, 0.05) is 30.9 Å². The summed E-state index contributed by atoms with van der Waals surface area (Å²) < 4.78 is 10.8. The average Bonchev–Trinajstić information content (AvgIpc) is 3.22. The van der Waals surface area contributed by atoms with E-state index in [9.17, 15) is 4.79 Å². The Labute approximate surface area is 141 Å². The molecule has 24 heavy (non-hydrogen) atoms. The van der Waals surface area contributed by atoms with Crippen LogP contribution in [-0.2, 0) is 6.54 Å². The van der Waals surface area contributed by atoms with Gasteiger partial charge < -0.3 is 19.5 Å². The van der Waals surface area contributed by atoms with Crippen molar-refractivity contribution in [2.45, 2.75) is 39.3 Å². The van der Waals surface area contributed by atoms with Crippen LogP contribution in [0.3, 0.4) is 0 Å². The van der Waals surface area contributed by atoms with Gasteiger partial charge in [0.15, 0.2) is 5.76 Å². The number of aryl methyl sites for hydroxylation is 1. The highest BCUT2D eigenvalue weighted by Crippen LogP contribution is 2.32. The number of hydrogen-bond acceptors (Lipinski definition) is 5. The van der Waals surface area contributed by atoms with Crippen LogP contribution in [0.25, 0.3) is 0 Å². The lowest BCUT2D eigenvalue weighted by molar-refractivity contribution is 0.182. The van der Waals surface area contributed by atoms with Crippen LogP contribution in [0.4, 0.5) is 4.79 Å². The van der Waals surface area contributed by atoms with Crippen LogP contribution in [0.15, 0.2) is 28.9 Å². The van der Waals surface area contributed by atoms with Crippen LogP contribution in [0.2, 0.25) is 0 Å². The van der Waals surface area contributed by atoms with Crippen LogP contribution >= 0.6 is 0 Å². The Morgan fingerprint density at radius 1 is 1.54 bits per heavy atom. The number of carbonyl (C=O) groups is 1. The number of hydrogen-bond donors (Lipinski definition) is 1. The maximum absolute atomic E-state index is 12.6. The molecule has 1 N–H and O–H groups in total. The third kappa shape index (κ3) is 3.50. The first-order valence-electron chi connectivity index (χ1n) is 8.23. The zero-order chi connectivity index (χ0) is 16.9. The number of nitrogens with zero attached hydrogens (tertiary/aromatic N) is 3. The molecule has 0 spiro atoms. The molecule has 7 nitrogen and oxygen atoms in total. The van der Waals surface area contributed by atoms with E-state index in [0.29, 0.717) is 25.6 Å². The van der Waals surface area contributed by atoms with Crippen molar-refractivity contribution in [3.05, 3.63) is 41.4 Å². The molecule has 2 amide bonds. The minimum absolute atomic E-state index is 0.0496. The molecule has 1 atom stereocenters. The van der Waals surface area contributed by atoms with Crippen molar-refractivity contribution in [1.29, 1.82) is 0 Å². The molecule has 3 heterocycles. The van der Waals surface area contributed by atoms with Crippen LogP contribution < -0.4 is 10.1 Å². The van der Waals surface area contributed by atoms with Crippen molar-refractivity contribution < 1.29 is 14.1 Å². The second-order valence-corrected chi connectivity index (χ2v) is 5.78. The molecule has 0 aliphatic carbocycles. The van der Waals surface area contributed by atoms with E-state index in [-0.39, 0.29) is 12.1 Å². The number of nitrogens with one attached hydrogen (secondary N) is 1. The molecule has 1 aliphatic heterocycles. The van der Waals surface area contributed by atoms with Gasteiger partial charge in [-0.1, -0.05) is 11.2 Å². The summed E-state index contributed by atoms with van der Waals surface area (Å²) in [6.45, 7) is 5.41. The first kappa shape index (κ1) is 16.3. The molecule has 0 unspecified atom stereocenters. The Morgan fingerprint density at radius 2 is 2.42 bits per heavy atom. The highest BCUT2D eigenvalue weighted by molar-refractivity contribution is 5.75. The van der Waals surface area contributed by atoms with Crippen molar-refractivity contribution >= 4 is 6.03 Å². The normalized spacial score (nSPS) is 17.1. The SMILES string of the molecule is CCOc1ncccc1CNC(=O)N1CCC[C@H]1c1cc(C)no1. The molecule has 0 bridgehead atoms. The Hall–Kier alpha value is -2.57. The van der Waals surface area contributed by atoms with Crippen LogP contribution in [0, 0.1) is 6.92 Å². The summed E-state index contributed by atoms with van der Waals surface area (Å²) in [7, 11) is 0. The predicted molar refractivity (Wildman–Crippen MR) is 87.6 cm³/mol. The van der Waals surface area contributed by atoms with Gasteiger partial charge in [-0.3, -0.25) is 0 Å². The highest BCUT2D eigenvalue weighted by atomic mass is 16.5. The summed E-state index contributed by atoms with van der Waals surface area (Å²) in [6.07, 6.45) is 3.52. The van der Waals surface area contributed by atoms with E-state index in [1.54, 1.807) is 11.1 Å². The van der Waals surface area contributed by atoms with E-state index in [4.69, 9.17) is 9.26 Å². The van der Waals surface area contributed by atoms with Crippen molar-refractivity contribution in [3.63, 3.8) is 0 Å². The van der Waals surface area contributed by atoms with Gasteiger partial charge in [-0.25, -0.2) is 9.78 Å². The van der Waals surface area contributed by atoms with Crippen molar-refractivity contribution in [3.8, 4) is 5.88 Å². The van der Waals surface area contributed by atoms with Crippen LogP contribution in [-0.4, -0.2) is 34.2 Å². The minimum atomic E-state index is -0.113. The number of likely N-dealkylation sites (tertiary alicyclic amines) is 1. The third-order valence-corrected chi connectivity index (χ3v) is 4.05. The second kappa shape index (κ2) is 7.33. The van der Waals surface area contributed by atoms with Crippen molar-refractivity contribution in [2.75, 3.05) is 13.2 Å². The first-order chi connectivity index (χ1) is 11.7. The van der Waals surface area contributed by atoms with Gasteiger partial charge in [0.1, 0.15) is 0 Å². The summed E-state index contributed by atoms with van der Waals surface area (Å²) in [6, 6.07) is 5.47. The second-order valence-electron chi connectivity index (χ2n) is 5.78. The van der Waals surface area contributed by atoms with E-state index in [1.165, 1.54) is 0 Å². The fourth-order valence-electron chi connectivity index (χ4n) is 2.94. The zero-order valence-electron chi connectivity index (χ0n) is 14.0. The molecule has 3 rings (SSSR count). The van der Waals surface area contributed by atoms with Gasteiger partial charge in [-0.05, 0) is 32.8 Å². The summed E-state index contributed by atoms with van der Waals surface area (Å²) >= 11 is 0.